The molecule has 0 saturated carbocycles. The Morgan fingerprint density at radius 2 is 1.91 bits per heavy atom. The quantitative estimate of drug-likeness (QED) is 0.842. The first-order valence-electron chi connectivity index (χ1n) is 8.75. The van der Waals surface area contributed by atoms with Crippen molar-refractivity contribution in [3.05, 3.63) is 0 Å². The van der Waals surface area contributed by atoms with Crippen molar-refractivity contribution >= 4 is 18.3 Å². The van der Waals surface area contributed by atoms with E-state index in [-0.39, 0.29) is 18.5 Å². The van der Waals surface area contributed by atoms with E-state index < -0.39 is 0 Å². The second-order valence-corrected chi connectivity index (χ2v) is 7.66. The molecule has 128 valence electrons. The van der Waals surface area contributed by atoms with Gasteiger partial charge in [0.25, 0.3) is 0 Å². The maximum absolute atomic E-state index is 12.5. The van der Waals surface area contributed by atoms with Crippen LogP contribution in [0.15, 0.2) is 0 Å². The molecule has 22 heavy (non-hydrogen) atoms. The van der Waals surface area contributed by atoms with E-state index in [1.54, 1.807) is 0 Å². The van der Waals surface area contributed by atoms with Crippen molar-refractivity contribution in [1.29, 1.82) is 0 Å². The Kier molecular flexibility index (Phi) is 6.54. The van der Waals surface area contributed by atoms with Gasteiger partial charge in [0.05, 0.1) is 6.10 Å². The lowest BCUT2D eigenvalue weighted by Crippen LogP contribution is -2.40. The topological polar surface area (TPSA) is 41.6 Å². The molecule has 0 aromatic heterocycles. The molecule has 2 bridgehead atoms. The summed E-state index contributed by atoms with van der Waals surface area (Å²) in [5, 5.41) is 3.65. The molecule has 0 spiro atoms. The molecule has 0 aromatic carbocycles. The fourth-order valence-corrected chi connectivity index (χ4v) is 4.14. The Bertz CT molecular complexity index is 366. The number of likely N-dealkylation sites (tertiary alicyclic amines) is 1. The molecule has 1 N–H and O–H groups in total. The van der Waals surface area contributed by atoms with Crippen LogP contribution in [0.3, 0.4) is 0 Å². The number of rotatable bonds is 5. The fourth-order valence-electron chi connectivity index (χ4n) is 4.14. The third-order valence-corrected chi connectivity index (χ3v) is 5.20. The molecule has 3 atom stereocenters. The zero-order valence-electron chi connectivity index (χ0n) is 13.9. The van der Waals surface area contributed by atoms with Gasteiger partial charge in [-0.15, -0.1) is 12.4 Å². The second-order valence-electron chi connectivity index (χ2n) is 7.66. The third kappa shape index (κ3) is 4.59. The van der Waals surface area contributed by atoms with Gasteiger partial charge in [0.15, 0.2) is 0 Å². The molecule has 0 radical (unpaired) electrons. The Morgan fingerprint density at radius 1 is 1.23 bits per heavy atom. The lowest BCUT2D eigenvalue weighted by molar-refractivity contribution is -0.132. The number of carbonyl (C=O) groups is 1. The van der Waals surface area contributed by atoms with Crippen LogP contribution in [-0.4, -0.2) is 48.7 Å². The lowest BCUT2D eigenvalue weighted by Gasteiger charge is -2.29. The van der Waals surface area contributed by atoms with Crippen molar-refractivity contribution in [3.63, 3.8) is 0 Å². The van der Waals surface area contributed by atoms with Crippen LogP contribution in [0.2, 0.25) is 0 Å². The number of nitrogens with one attached hydrogen (secondary N) is 1. The van der Waals surface area contributed by atoms with Gasteiger partial charge in [-0.1, -0.05) is 13.8 Å². The predicted molar refractivity (Wildman–Crippen MR) is 90.3 cm³/mol. The predicted octanol–water partition coefficient (Wildman–Crippen LogP) is 2.60. The highest BCUT2D eigenvalue weighted by Gasteiger charge is 2.35. The van der Waals surface area contributed by atoms with E-state index >= 15 is 0 Å². The minimum absolute atomic E-state index is 0. The monoisotopic (exact) mass is 330 g/mol. The van der Waals surface area contributed by atoms with Crippen LogP contribution in [0.25, 0.3) is 0 Å². The number of halogens is 1. The molecule has 0 aromatic rings. The van der Waals surface area contributed by atoms with E-state index in [0.717, 1.165) is 32.5 Å². The molecule has 3 rings (SSSR count). The first-order chi connectivity index (χ1) is 10.1. The van der Waals surface area contributed by atoms with Crippen LogP contribution in [0.4, 0.5) is 0 Å². The number of hydrogen-bond acceptors (Lipinski definition) is 3. The molecular formula is C17H31ClN2O2. The molecule has 4 nitrogen and oxygen atoms in total. The first-order valence-corrected chi connectivity index (χ1v) is 8.75. The Morgan fingerprint density at radius 3 is 2.55 bits per heavy atom. The minimum atomic E-state index is 0. The van der Waals surface area contributed by atoms with E-state index in [1.807, 2.05) is 4.90 Å². The standard InChI is InChI=1S/C17H30N2O2.ClH/c1-12(2)11-21-16-5-6-19(10-16)17(20)9-13-7-14-3-4-15(8-13)18-14;/h12-16,18H,3-11H2,1-2H3;1H. The number of carbonyl (C=O) groups excluding carboxylic acids is 1. The first kappa shape index (κ1) is 18.0. The highest BCUT2D eigenvalue weighted by Crippen LogP contribution is 2.33. The van der Waals surface area contributed by atoms with Gasteiger partial charge in [-0.3, -0.25) is 4.79 Å². The summed E-state index contributed by atoms with van der Waals surface area (Å²) in [5.74, 6) is 1.53. The van der Waals surface area contributed by atoms with E-state index in [0.29, 0.717) is 29.8 Å². The zero-order chi connectivity index (χ0) is 14.8. The Balaban J connectivity index is 0.00000176. The van der Waals surface area contributed by atoms with Crippen molar-refractivity contribution in [2.75, 3.05) is 19.7 Å². The van der Waals surface area contributed by atoms with Crippen molar-refractivity contribution in [2.24, 2.45) is 11.8 Å². The molecule has 1 amide bonds. The van der Waals surface area contributed by atoms with E-state index in [4.69, 9.17) is 4.74 Å². The molecule has 0 aliphatic carbocycles. The number of hydrogen-bond donors (Lipinski definition) is 1. The number of fused-ring (bicyclic) bond motifs is 2. The zero-order valence-corrected chi connectivity index (χ0v) is 14.7. The van der Waals surface area contributed by atoms with Crippen molar-refractivity contribution in [2.45, 2.75) is 70.6 Å². The summed E-state index contributed by atoms with van der Waals surface area (Å²) in [7, 11) is 0. The van der Waals surface area contributed by atoms with Gasteiger partial charge >= 0.3 is 0 Å². The fraction of sp³-hybridized carbons (Fsp3) is 0.941. The maximum atomic E-state index is 12.5. The second kappa shape index (κ2) is 7.98. The van der Waals surface area contributed by atoms with E-state index in [1.165, 1.54) is 25.7 Å². The minimum Gasteiger partial charge on any atom is -0.376 e. The normalized spacial score (nSPS) is 34.0. The maximum Gasteiger partial charge on any atom is 0.222 e. The van der Waals surface area contributed by atoms with Crippen LogP contribution in [-0.2, 0) is 9.53 Å². The van der Waals surface area contributed by atoms with Gasteiger partial charge < -0.3 is 15.0 Å². The molecule has 3 fully saturated rings. The van der Waals surface area contributed by atoms with Gasteiger partial charge in [-0.2, -0.15) is 0 Å². The van der Waals surface area contributed by atoms with E-state index in [9.17, 15) is 4.79 Å². The van der Waals surface area contributed by atoms with Gasteiger partial charge in [0, 0.05) is 38.2 Å². The van der Waals surface area contributed by atoms with Crippen LogP contribution in [0, 0.1) is 11.8 Å². The average Bonchev–Trinajstić information content (AvgIpc) is 3.03. The van der Waals surface area contributed by atoms with E-state index in [2.05, 4.69) is 19.2 Å². The molecule has 5 heteroatoms. The van der Waals surface area contributed by atoms with Crippen LogP contribution < -0.4 is 5.32 Å². The summed E-state index contributed by atoms with van der Waals surface area (Å²) in [4.78, 5) is 14.5. The smallest absolute Gasteiger partial charge is 0.222 e. The van der Waals surface area contributed by atoms with Gasteiger partial charge in [-0.25, -0.2) is 0 Å². The van der Waals surface area contributed by atoms with Crippen LogP contribution >= 0.6 is 12.4 Å². The molecule has 3 saturated heterocycles. The largest absolute Gasteiger partial charge is 0.376 e. The summed E-state index contributed by atoms with van der Waals surface area (Å²) in [6.45, 7) is 6.85. The molecule has 3 unspecified atom stereocenters. The number of piperidine rings is 1. The summed E-state index contributed by atoms with van der Waals surface area (Å²) in [5.41, 5.74) is 0. The van der Waals surface area contributed by atoms with Crippen molar-refractivity contribution in [3.8, 4) is 0 Å². The third-order valence-electron chi connectivity index (χ3n) is 5.20. The van der Waals surface area contributed by atoms with Gasteiger partial charge in [0.1, 0.15) is 0 Å². The highest BCUT2D eigenvalue weighted by molar-refractivity contribution is 5.85. The lowest BCUT2D eigenvalue weighted by atomic mass is 9.89. The average molecular weight is 331 g/mol. The summed E-state index contributed by atoms with van der Waals surface area (Å²) >= 11 is 0. The molecule has 3 heterocycles. The summed E-state index contributed by atoms with van der Waals surface area (Å²) < 4.78 is 5.87. The van der Waals surface area contributed by atoms with Crippen LogP contribution in [0.5, 0.6) is 0 Å². The van der Waals surface area contributed by atoms with Gasteiger partial charge in [0.2, 0.25) is 5.91 Å². The van der Waals surface area contributed by atoms with Gasteiger partial charge in [-0.05, 0) is 43.9 Å². The molecule has 3 aliphatic rings. The summed E-state index contributed by atoms with van der Waals surface area (Å²) in [6.07, 6.45) is 7.04. The Hall–Kier alpha value is -0.320. The van der Waals surface area contributed by atoms with Crippen LogP contribution in [0.1, 0.15) is 52.4 Å². The Labute approximate surface area is 140 Å². The highest BCUT2D eigenvalue weighted by atomic mass is 35.5. The SMILES string of the molecule is CC(C)COC1CCN(C(=O)CC2CC3CCC(C2)N3)C1.Cl. The number of nitrogens with zero attached hydrogens (tertiary/aromatic N) is 1. The molecule has 3 aliphatic heterocycles. The van der Waals surface area contributed by atoms with Crippen molar-refractivity contribution in [1.82, 2.24) is 10.2 Å². The number of amides is 1. The molecular weight excluding hydrogens is 300 g/mol. The number of ether oxygens (including phenoxy) is 1. The summed E-state index contributed by atoms with van der Waals surface area (Å²) in [6, 6.07) is 1.37. The van der Waals surface area contributed by atoms with Crippen molar-refractivity contribution < 1.29 is 9.53 Å².